The van der Waals surface area contributed by atoms with Crippen LogP contribution in [0.5, 0.6) is 0 Å². The van der Waals surface area contributed by atoms with Crippen LogP contribution in [0.4, 0.5) is 0 Å². The van der Waals surface area contributed by atoms with Crippen LogP contribution in [-0.4, -0.2) is 0 Å². The topological polar surface area (TPSA) is 0 Å². The highest BCUT2D eigenvalue weighted by atomic mass is 35.5. The molecule has 0 radical (unpaired) electrons. The van der Waals surface area contributed by atoms with E-state index >= 15 is 0 Å². The molecule has 2 aromatic rings. The molecular formula is C14H13Cl3. The molecular weight excluding hydrogens is 275 g/mol. The summed E-state index contributed by atoms with van der Waals surface area (Å²) in [5.74, 6) is 0. The first-order valence-corrected chi connectivity index (χ1v) is 6.27. The molecule has 17 heavy (non-hydrogen) atoms. The Morgan fingerprint density at radius 2 is 1.35 bits per heavy atom. The minimum Gasteiger partial charge on any atom is -0.0843 e. The van der Waals surface area contributed by atoms with E-state index in [0.29, 0.717) is 10.0 Å². The standard InChI is InChI=1S/C7H6Cl2.C7H7Cl/c1-5-3-2-4-6(8)7(5)9;1-6-2-4-7(8)5-3-6/h2-4H,1H3;2-5H,1H3. The molecule has 0 spiro atoms. The second kappa shape index (κ2) is 6.90. The van der Waals surface area contributed by atoms with Gasteiger partial charge in [0.15, 0.2) is 0 Å². The van der Waals surface area contributed by atoms with Crippen LogP contribution in [0, 0.1) is 13.8 Å². The third-order valence-corrected chi connectivity index (χ3v) is 3.32. The lowest BCUT2D eigenvalue weighted by molar-refractivity contribution is 1.47. The van der Waals surface area contributed by atoms with Crippen molar-refractivity contribution in [2.75, 3.05) is 0 Å². The van der Waals surface area contributed by atoms with Gasteiger partial charge < -0.3 is 0 Å². The number of rotatable bonds is 0. The largest absolute Gasteiger partial charge is 0.0843 e. The van der Waals surface area contributed by atoms with E-state index in [1.807, 2.05) is 50.2 Å². The first kappa shape index (κ1) is 14.4. The third-order valence-electron chi connectivity index (χ3n) is 2.16. The molecule has 0 atom stereocenters. The summed E-state index contributed by atoms with van der Waals surface area (Å²) in [5.41, 5.74) is 2.26. The van der Waals surface area contributed by atoms with Gasteiger partial charge in [0.25, 0.3) is 0 Å². The molecule has 0 aliphatic carbocycles. The Kier molecular flexibility index (Phi) is 5.84. The van der Waals surface area contributed by atoms with Crippen LogP contribution in [-0.2, 0) is 0 Å². The van der Waals surface area contributed by atoms with Gasteiger partial charge in [-0.05, 0) is 37.6 Å². The van der Waals surface area contributed by atoms with E-state index in [9.17, 15) is 0 Å². The number of hydrogen-bond donors (Lipinski definition) is 0. The van der Waals surface area contributed by atoms with Crippen LogP contribution in [0.1, 0.15) is 11.1 Å². The van der Waals surface area contributed by atoms with Crippen LogP contribution in [0.2, 0.25) is 15.1 Å². The Labute approximate surface area is 117 Å². The maximum absolute atomic E-state index is 5.75. The average molecular weight is 288 g/mol. The van der Waals surface area contributed by atoms with Gasteiger partial charge in [0.05, 0.1) is 10.0 Å². The normalized spacial score (nSPS) is 9.47. The molecule has 2 aromatic carbocycles. The summed E-state index contributed by atoms with van der Waals surface area (Å²) in [6.45, 7) is 3.96. The van der Waals surface area contributed by atoms with E-state index in [-0.39, 0.29) is 0 Å². The molecule has 0 saturated carbocycles. The van der Waals surface area contributed by atoms with Gasteiger partial charge in [-0.25, -0.2) is 0 Å². The Morgan fingerprint density at radius 1 is 0.765 bits per heavy atom. The molecule has 3 heteroatoms. The van der Waals surface area contributed by atoms with Gasteiger partial charge >= 0.3 is 0 Å². The molecule has 0 fully saturated rings. The highest BCUT2D eigenvalue weighted by molar-refractivity contribution is 6.42. The van der Waals surface area contributed by atoms with Gasteiger partial charge in [0.1, 0.15) is 0 Å². The Balaban J connectivity index is 0.000000171. The van der Waals surface area contributed by atoms with Crippen molar-refractivity contribution in [2.24, 2.45) is 0 Å². The predicted molar refractivity (Wildman–Crippen MR) is 77.4 cm³/mol. The smallest absolute Gasteiger partial charge is 0.0621 e. The molecule has 0 heterocycles. The summed E-state index contributed by atoms with van der Waals surface area (Å²) in [7, 11) is 0. The first-order valence-electron chi connectivity index (χ1n) is 5.13. The minimum atomic E-state index is 0.622. The fraction of sp³-hybridized carbons (Fsp3) is 0.143. The first-order chi connectivity index (χ1) is 8.00. The Hall–Kier alpha value is -0.690. The molecule has 0 N–H and O–H groups in total. The van der Waals surface area contributed by atoms with Gasteiger partial charge in [0.2, 0.25) is 0 Å². The lowest BCUT2D eigenvalue weighted by Crippen LogP contribution is -1.73. The van der Waals surface area contributed by atoms with Crippen molar-refractivity contribution in [3.63, 3.8) is 0 Å². The van der Waals surface area contributed by atoms with Gasteiger partial charge in [-0.1, -0.05) is 64.6 Å². The molecule has 0 amide bonds. The lowest BCUT2D eigenvalue weighted by Gasteiger charge is -1.96. The van der Waals surface area contributed by atoms with Crippen molar-refractivity contribution in [1.29, 1.82) is 0 Å². The molecule has 0 bridgehead atoms. The summed E-state index contributed by atoms with van der Waals surface area (Å²) in [4.78, 5) is 0. The Morgan fingerprint density at radius 3 is 1.76 bits per heavy atom. The van der Waals surface area contributed by atoms with Crippen molar-refractivity contribution in [1.82, 2.24) is 0 Å². The SMILES string of the molecule is Cc1ccc(Cl)cc1.Cc1cccc(Cl)c1Cl. The molecule has 0 unspecified atom stereocenters. The van der Waals surface area contributed by atoms with E-state index in [2.05, 4.69) is 0 Å². The molecule has 0 saturated heterocycles. The molecule has 0 aliphatic heterocycles. The maximum Gasteiger partial charge on any atom is 0.0621 e. The highest BCUT2D eigenvalue weighted by Crippen LogP contribution is 2.24. The molecule has 2 rings (SSSR count). The van der Waals surface area contributed by atoms with E-state index in [1.165, 1.54) is 5.56 Å². The van der Waals surface area contributed by atoms with E-state index in [1.54, 1.807) is 6.07 Å². The van der Waals surface area contributed by atoms with Crippen LogP contribution < -0.4 is 0 Å². The van der Waals surface area contributed by atoms with E-state index < -0.39 is 0 Å². The van der Waals surface area contributed by atoms with E-state index in [0.717, 1.165) is 10.6 Å². The van der Waals surface area contributed by atoms with Crippen molar-refractivity contribution in [2.45, 2.75) is 13.8 Å². The van der Waals surface area contributed by atoms with Crippen molar-refractivity contribution >= 4 is 34.8 Å². The quantitative estimate of drug-likeness (QED) is 0.561. The number of halogens is 3. The zero-order valence-electron chi connectivity index (χ0n) is 9.68. The Bertz CT molecular complexity index is 434. The number of benzene rings is 2. The van der Waals surface area contributed by atoms with Gasteiger partial charge in [-0.15, -0.1) is 0 Å². The number of aryl methyl sites for hydroxylation is 2. The van der Waals surface area contributed by atoms with Crippen LogP contribution in [0.15, 0.2) is 42.5 Å². The second-order valence-corrected chi connectivity index (χ2v) is 4.89. The van der Waals surface area contributed by atoms with Gasteiger partial charge in [-0.2, -0.15) is 0 Å². The molecule has 0 aromatic heterocycles. The summed E-state index contributed by atoms with van der Waals surface area (Å²) >= 11 is 17.0. The maximum atomic E-state index is 5.75. The highest BCUT2D eigenvalue weighted by Gasteiger charge is 1.96. The average Bonchev–Trinajstić information content (AvgIpc) is 2.31. The van der Waals surface area contributed by atoms with Crippen LogP contribution in [0.25, 0.3) is 0 Å². The summed E-state index contributed by atoms with van der Waals surface area (Å²) < 4.78 is 0. The second-order valence-electron chi connectivity index (χ2n) is 3.67. The molecule has 0 nitrogen and oxygen atoms in total. The lowest BCUT2D eigenvalue weighted by atomic mass is 10.2. The molecule has 0 aliphatic rings. The van der Waals surface area contributed by atoms with Gasteiger partial charge in [-0.3, -0.25) is 0 Å². The summed E-state index contributed by atoms with van der Waals surface area (Å²) in [6.07, 6.45) is 0. The van der Waals surface area contributed by atoms with Crippen molar-refractivity contribution in [3.8, 4) is 0 Å². The zero-order valence-corrected chi connectivity index (χ0v) is 11.9. The fourth-order valence-corrected chi connectivity index (χ4v) is 1.62. The zero-order chi connectivity index (χ0) is 12.8. The number of hydrogen-bond acceptors (Lipinski definition) is 0. The van der Waals surface area contributed by atoms with E-state index in [4.69, 9.17) is 34.8 Å². The fourth-order valence-electron chi connectivity index (χ4n) is 1.14. The van der Waals surface area contributed by atoms with Crippen LogP contribution >= 0.6 is 34.8 Å². The monoisotopic (exact) mass is 286 g/mol. The van der Waals surface area contributed by atoms with Crippen molar-refractivity contribution in [3.05, 3.63) is 68.7 Å². The summed E-state index contributed by atoms with van der Waals surface area (Å²) in [5, 5.41) is 2.08. The van der Waals surface area contributed by atoms with Gasteiger partial charge in [0, 0.05) is 5.02 Å². The predicted octanol–water partition coefficient (Wildman–Crippen LogP) is 5.95. The summed E-state index contributed by atoms with van der Waals surface area (Å²) in [6, 6.07) is 13.3. The van der Waals surface area contributed by atoms with Crippen LogP contribution in [0.3, 0.4) is 0 Å². The third kappa shape index (κ3) is 4.99. The molecule has 90 valence electrons. The minimum absolute atomic E-state index is 0.622. The van der Waals surface area contributed by atoms with Crippen molar-refractivity contribution < 1.29 is 0 Å².